The topological polar surface area (TPSA) is 182 Å². The van der Waals surface area contributed by atoms with Crippen molar-refractivity contribution in [1.82, 2.24) is 9.97 Å². The maximum absolute atomic E-state index is 12.2. The zero-order valence-corrected chi connectivity index (χ0v) is 22.6. The van der Waals surface area contributed by atoms with Crippen LogP contribution in [0.4, 0.5) is 23.1 Å². The molecule has 0 amide bonds. The third-order valence-electron chi connectivity index (χ3n) is 5.20. The lowest BCUT2D eigenvalue weighted by atomic mass is 10.1. The van der Waals surface area contributed by atoms with Gasteiger partial charge in [0.25, 0.3) is 0 Å². The van der Waals surface area contributed by atoms with Gasteiger partial charge in [0.1, 0.15) is 21.8 Å². The average Bonchev–Trinajstić information content (AvgIpc) is 2.87. The minimum absolute atomic E-state index is 0.164. The highest BCUT2D eigenvalue weighted by molar-refractivity contribution is 9.10. The second-order valence-electron chi connectivity index (χ2n) is 7.77. The quantitative estimate of drug-likeness (QED) is 0.243. The molecule has 0 spiro atoms. The van der Waals surface area contributed by atoms with Crippen LogP contribution in [0.3, 0.4) is 0 Å². The molecule has 0 radical (unpaired) electrons. The van der Waals surface area contributed by atoms with E-state index < -0.39 is 9.84 Å². The van der Waals surface area contributed by atoms with Gasteiger partial charge in [-0.05, 0) is 82.2 Å². The van der Waals surface area contributed by atoms with Gasteiger partial charge in [-0.2, -0.15) is 4.98 Å². The minimum atomic E-state index is -3.48. The molecule has 0 unspecified atom stereocenters. The summed E-state index contributed by atoms with van der Waals surface area (Å²) in [6.07, 6.45) is 2.19. The van der Waals surface area contributed by atoms with Gasteiger partial charge in [-0.15, -0.1) is 0 Å². The van der Waals surface area contributed by atoms with E-state index in [1.165, 1.54) is 24.3 Å². The predicted molar refractivity (Wildman–Crippen MR) is 148 cm³/mol. The Hall–Kier alpha value is -4.03. The van der Waals surface area contributed by atoms with Crippen LogP contribution >= 0.6 is 15.9 Å². The summed E-state index contributed by atoms with van der Waals surface area (Å²) in [4.78, 5) is 8.34. The van der Waals surface area contributed by atoms with E-state index in [4.69, 9.17) is 32.4 Å². The van der Waals surface area contributed by atoms with E-state index in [2.05, 4.69) is 25.9 Å². The molecule has 0 fully saturated rings. The first-order valence-corrected chi connectivity index (χ1v) is 13.1. The SMILES string of the molecule is COc1cc(Cc2cnc(N)nc2N)cc(OC)c1Br.Nc1ccc(S(=O)(=O)c2ccc(N)cc2)cc1. The van der Waals surface area contributed by atoms with Gasteiger partial charge in [-0.25, -0.2) is 13.4 Å². The first kappa shape index (κ1) is 27.6. The number of rotatable bonds is 6. The van der Waals surface area contributed by atoms with Crippen molar-refractivity contribution in [3.63, 3.8) is 0 Å². The maximum Gasteiger partial charge on any atom is 0.221 e. The number of anilines is 4. The number of aromatic nitrogens is 2. The van der Waals surface area contributed by atoms with E-state index in [9.17, 15) is 8.42 Å². The second kappa shape index (κ2) is 11.8. The van der Waals surface area contributed by atoms with Crippen LogP contribution in [0.2, 0.25) is 0 Å². The van der Waals surface area contributed by atoms with Crippen molar-refractivity contribution < 1.29 is 17.9 Å². The normalized spacial score (nSPS) is 10.8. The lowest BCUT2D eigenvalue weighted by Crippen LogP contribution is -2.04. The molecule has 0 atom stereocenters. The van der Waals surface area contributed by atoms with Crippen molar-refractivity contribution in [1.29, 1.82) is 0 Å². The molecule has 4 aromatic rings. The van der Waals surface area contributed by atoms with Crippen LogP contribution in [0.15, 0.2) is 81.1 Å². The number of ether oxygens (including phenoxy) is 2. The lowest BCUT2D eigenvalue weighted by Gasteiger charge is -2.12. The number of hydrogen-bond donors (Lipinski definition) is 4. The molecule has 37 heavy (non-hydrogen) atoms. The second-order valence-corrected chi connectivity index (χ2v) is 10.5. The molecule has 3 aromatic carbocycles. The zero-order chi connectivity index (χ0) is 27.2. The third kappa shape index (κ3) is 6.80. The van der Waals surface area contributed by atoms with Gasteiger partial charge >= 0.3 is 0 Å². The molecule has 8 N–H and O–H groups in total. The monoisotopic (exact) mass is 586 g/mol. The summed E-state index contributed by atoms with van der Waals surface area (Å²) >= 11 is 3.43. The van der Waals surface area contributed by atoms with E-state index >= 15 is 0 Å². The van der Waals surface area contributed by atoms with E-state index in [1.54, 1.807) is 44.7 Å². The highest BCUT2D eigenvalue weighted by Crippen LogP contribution is 2.36. The van der Waals surface area contributed by atoms with Crippen molar-refractivity contribution in [2.75, 3.05) is 37.2 Å². The number of nitrogens with zero attached hydrogens (tertiary/aromatic N) is 2. The van der Waals surface area contributed by atoms with Crippen LogP contribution < -0.4 is 32.4 Å². The van der Waals surface area contributed by atoms with Gasteiger partial charge in [-0.1, -0.05) is 0 Å². The summed E-state index contributed by atoms with van der Waals surface area (Å²) in [5.74, 6) is 1.92. The molecule has 0 aliphatic rings. The Balaban J connectivity index is 0.000000208. The largest absolute Gasteiger partial charge is 0.495 e. The first-order chi connectivity index (χ1) is 17.5. The van der Waals surface area contributed by atoms with Crippen molar-refractivity contribution in [2.24, 2.45) is 0 Å². The van der Waals surface area contributed by atoms with Crippen molar-refractivity contribution in [3.8, 4) is 11.5 Å². The summed E-state index contributed by atoms with van der Waals surface area (Å²) in [5.41, 5.74) is 25.2. The first-order valence-electron chi connectivity index (χ1n) is 10.8. The molecule has 1 heterocycles. The van der Waals surface area contributed by atoms with Crippen molar-refractivity contribution >= 4 is 48.9 Å². The van der Waals surface area contributed by atoms with Crippen LogP contribution in [-0.4, -0.2) is 32.6 Å². The van der Waals surface area contributed by atoms with Gasteiger partial charge in [-0.3, -0.25) is 0 Å². The summed E-state index contributed by atoms with van der Waals surface area (Å²) in [6, 6.07) is 16.0. The van der Waals surface area contributed by atoms with Crippen LogP contribution in [-0.2, 0) is 16.3 Å². The van der Waals surface area contributed by atoms with E-state index in [1.807, 2.05) is 12.1 Å². The number of sulfone groups is 1. The molecule has 4 rings (SSSR count). The Morgan fingerprint density at radius 3 is 1.68 bits per heavy atom. The maximum atomic E-state index is 12.2. The highest BCUT2D eigenvalue weighted by atomic mass is 79.9. The Morgan fingerprint density at radius 1 is 0.811 bits per heavy atom. The van der Waals surface area contributed by atoms with Gasteiger partial charge in [0.15, 0.2) is 0 Å². The molecule has 0 aliphatic heterocycles. The Kier molecular flexibility index (Phi) is 8.79. The number of benzene rings is 3. The summed E-state index contributed by atoms with van der Waals surface area (Å²) < 4.78 is 35.7. The van der Waals surface area contributed by atoms with Crippen LogP contribution in [0.25, 0.3) is 0 Å². The van der Waals surface area contributed by atoms with Gasteiger partial charge in [0.2, 0.25) is 15.8 Å². The Bertz CT molecular complexity index is 1400. The zero-order valence-electron chi connectivity index (χ0n) is 20.2. The molecule has 0 saturated heterocycles. The van der Waals surface area contributed by atoms with Crippen LogP contribution in [0.5, 0.6) is 11.5 Å². The number of methoxy groups -OCH3 is 2. The molecule has 1 aromatic heterocycles. The third-order valence-corrected chi connectivity index (χ3v) is 7.76. The highest BCUT2D eigenvalue weighted by Gasteiger charge is 2.17. The number of nitrogens with two attached hydrogens (primary N) is 4. The number of halogens is 1. The van der Waals surface area contributed by atoms with E-state index in [0.29, 0.717) is 35.1 Å². The van der Waals surface area contributed by atoms with E-state index in [0.717, 1.165) is 15.6 Å². The molecular weight excluding hydrogens is 560 g/mol. The molecule has 0 bridgehead atoms. The lowest BCUT2D eigenvalue weighted by molar-refractivity contribution is 0.388. The number of nitrogen functional groups attached to an aromatic ring is 4. The number of hydrogen-bond acceptors (Lipinski definition) is 10. The fourth-order valence-corrected chi connectivity index (χ4v) is 5.06. The van der Waals surface area contributed by atoms with Gasteiger partial charge in [0, 0.05) is 29.6 Å². The average molecular weight is 588 g/mol. The smallest absolute Gasteiger partial charge is 0.221 e. The fourth-order valence-electron chi connectivity index (χ4n) is 3.25. The summed E-state index contributed by atoms with van der Waals surface area (Å²) in [5, 5.41) is 0. The molecule has 0 aliphatic carbocycles. The Morgan fingerprint density at radius 2 is 1.27 bits per heavy atom. The fraction of sp³-hybridized carbons (Fsp3) is 0.120. The van der Waals surface area contributed by atoms with Crippen LogP contribution in [0, 0.1) is 0 Å². The molecular formula is C25H27BrN6O4S. The van der Waals surface area contributed by atoms with Crippen LogP contribution in [0.1, 0.15) is 11.1 Å². The van der Waals surface area contributed by atoms with Crippen molar-refractivity contribution in [3.05, 3.63) is 82.5 Å². The molecule has 194 valence electrons. The predicted octanol–water partition coefficient (Wildman–Crippen LogP) is 3.70. The van der Waals surface area contributed by atoms with E-state index in [-0.39, 0.29) is 15.7 Å². The minimum Gasteiger partial charge on any atom is -0.495 e. The standard InChI is InChI=1S/C13H15BrN4O2.C12H12N2O2S/c1-19-9-4-7(5-10(20-2)11(9)14)3-8-6-17-13(16)18-12(8)15;13-9-1-5-11(6-2-9)17(15,16)12-7-3-10(14)4-8-12/h4-6H,3H2,1-2H3,(H4,15,16,17,18);1-8H,13-14H2. The summed E-state index contributed by atoms with van der Waals surface area (Å²) in [6.45, 7) is 0. The summed E-state index contributed by atoms with van der Waals surface area (Å²) in [7, 11) is -0.281. The molecule has 0 saturated carbocycles. The molecule has 12 heteroatoms. The molecule has 10 nitrogen and oxygen atoms in total. The van der Waals surface area contributed by atoms with Gasteiger partial charge < -0.3 is 32.4 Å². The Labute approximate surface area is 223 Å². The van der Waals surface area contributed by atoms with Gasteiger partial charge in [0.05, 0.1) is 24.0 Å². The van der Waals surface area contributed by atoms with Crippen molar-refractivity contribution in [2.45, 2.75) is 16.2 Å².